The lowest BCUT2D eigenvalue weighted by molar-refractivity contribution is 0.0516. The first-order valence-electron chi connectivity index (χ1n) is 4.30. The summed E-state index contributed by atoms with van der Waals surface area (Å²) in [6, 6.07) is 1.81. The van der Waals surface area contributed by atoms with Gasteiger partial charge >= 0.3 is 5.97 Å². The van der Waals surface area contributed by atoms with Crippen molar-refractivity contribution in [3.8, 4) is 0 Å². The van der Waals surface area contributed by atoms with E-state index in [-0.39, 0.29) is 5.97 Å². The summed E-state index contributed by atoms with van der Waals surface area (Å²) in [6.07, 6.45) is 0. The molecular weight excluding hydrogens is 200 g/mol. The van der Waals surface area contributed by atoms with E-state index in [0.29, 0.717) is 12.3 Å². The van der Waals surface area contributed by atoms with Gasteiger partial charge in [0.05, 0.1) is 16.8 Å². The van der Waals surface area contributed by atoms with Crippen LogP contribution in [-0.2, 0) is 11.8 Å². The zero-order valence-corrected chi connectivity index (χ0v) is 8.80. The van der Waals surface area contributed by atoms with Crippen LogP contribution in [0.5, 0.6) is 0 Å². The molecule has 0 saturated heterocycles. The summed E-state index contributed by atoms with van der Waals surface area (Å²) >= 11 is 1.52. The molecule has 0 saturated carbocycles. The molecule has 2 aromatic rings. The first-order chi connectivity index (χ1) is 6.74. The highest BCUT2D eigenvalue weighted by atomic mass is 32.1. The Morgan fingerprint density at radius 2 is 2.50 bits per heavy atom. The highest BCUT2D eigenvalue weighted by Gasteiger charge is 2.15. The van der Waals surface area contributed by atoms with E-state index >= 15 is 0 Å². The van der Waals surface area contributed by atoms with Crippen LogP contribution in [-0.4, -0.2) is 22.1 Å². The predicted octanol–water partition coefficient (Wildman–Crippen LogP) is 1.81. The van der Waals surface area contributed by atoms with Crippen LogP contribution in [0.25, 0.3) is 10.3 Å². The van der Waals surface area contributed by atoms with E-state index in [4.69, 9.17) is 4.74 Å². The van der Waals surface area contributed by atoms with Crippen molar-refractivity contribution in [2.24, 2.45) is 7.05 Å². The molecule has 0 N–H and O–H groups in total. The minimum absolute atomic E-state index is 0.291. The Hall–Kier alpha value is -1.36. The summed E-state index contributed by atoms with van der Waals surface area (Å²) in [6.45, 7) is 2.19. The number of carbonyl (C=O) groups excluding carboxylic acids is 1. The molecule has 0 bridgehead atoms. The van der Waals surface area contributed by atoms with Gasteiger partial charge in [-0.25, -0.2) is 9.78 Å². The number of hydrogen-bond acceptors (Lipinski definition) is 4. The van der Waals surface area contributed by atoms with Gasteiger partial charge < -0.3 is 9.30 Å². The molecule has 0 aromatic carbocycles. The SMILES string of the molecule is CCOC(=O)c1cc2scnc2n1C. The van der Waals surface area contributed by atoms with Gasteiger partial charge in [-0.3, -0.25) is 0 Å². The van der Waals surface area contributed by atoms with Gasteiger partial charge in [0.15, 0.2) is 5.65 Å². The van der Waals surface area contributed by atoms with Crippen LogP contribution < -0.4 is 0 Å². The lowest BCUT2D eigenvalue weighted by Gasteiger charge is -2.01. The van der Waals surface area contributed by atoms with Gasteiger partial charge in [0, 0.05) is 7.05 Å². The van der Waals surface area contributed by atoms with Crippen molar-refractivity contribution in [3.63, 3.8) is 0 Å². The van der Waals surface area contributed by atoms with Crippen molar-refractivity contribution < 1.29 is 9.53 Å². The molecule has 0 fully saturated rings. The summed E-state index contributed by atoms with van der Waals surface area (Å²) in [4.78, 5) is 15.6. The first kappa shape index (κ1) is 9.21. The Bertz CT molecular complexity index is 472. The van der Waals surface area contributed by atoms with Gasteiger partial charge in [-0.15, -0.1) is 11.3 Å². The second kappa shape index (κ2) is 3.42. The third-order valence-corrected chi connectivity index (χ3v) is 2.77. The van der Waals surface area contributed by atoms with Crippen LogP contribution in [0.15, 0.2) is 11.6 Å². The normalized spacial score (nSPS) is 10.7. The molecule has 14 heavy (non-hydrogen) atoms. The molecule has 0 aliphatic heterocycles. The topological polar surface area (TPSA) is 44.1 Å². The maximum Gasteiger partial charge on any atom is 0.355 e. The van der Waals surface area contributed by atoms with Gasteiger partial charge in [-0.2, -0.15) is 0 Å². The number of rotatable bonds is 2. The fourth-order valence-electron chi connectivity index (χ4n) is 1.34. The van der Waals surface area contributed by atoms with Crippen molar-refractivity contribution >= 4 is 27.7 Å². The summed E-state index contributed by atoms with van der Waals surface area (Å²) in [7, 11) is 1.81. The molecule has 4 nitrogen and oxygen atoms in total. The molecule has 0 spiro atoms. The van der Waals surface area contributed by atoms with Crippen LogP contribution in [0.2, 0.25) is 0 Å². The van der Waals surface area contributed by atoms with Gasteiger partial charge in [0.25, 0.3) is 0 Å². The number of thiazole rings is 1. The van der Waals surface area contributed by atoms with E-state index in [2.05, 4.69) is 4.98 Å². The van der Waals surface area contributed by atoms with Crippen LogP contribution in [0.1, 0.15) is 17.4 Å². The van der Waals surface area contributed by atoms with Gasteiger partial charge in [0.1, 0.15) is 5.69 Å². The van der Waals surface area contributed by atoms with Crippen molar-refractivity contribution in [1.82, 2.24) is 9.55 Å². The molecule has 0 aliphatic rings. The molecule has 0 radical (unpaired) electrons. The van der Waals surface area contributed by atoms with E-state index in [1.54, 1.807) is 17.0 Å². The Balaban J connectivity index is 2.47. The number of fused-ring (bicyclic) bond motifs is 1. The third kappa shape index (κ3) is 1.29. The monoisotopic (exact) mass is 210 g/mol. The maximum atomic E-state index is 11.5. The number of esters is 1. The van der Waals surface area contributed by atoms with Gasteiger partial charge in [-0.05, 0) is 13.0 Å². The molecule has 2 rings (SSSR count). The summed E-state index contributed by atoms with van der Waals surface area (Å²) in [5.74, 6) is -0.291. The van der Waals surface area contributed by atoms with Crippen LogP contribution >= 0.6 is 11.3 Å². The second-order valence-corrected chi connectivity index (χ2v) is 3.74. The lowest BCUT2D eigenvalue weighted by atomic mass is 10.4. The third-order valence-electron chi connectivity index (χ3n) is 2.01. The number of hydrogen-bond donors (Lipinski definition) is 0. The summed E-state index contributed by atoms with van der Waals surface area (Å²) in [5, 5.41) is 0. The van der Waals surface area contributed by atoms with Crippen molar-refractivity contribution in [2.75, 3.05) is 6.61 Å². The van der Waals surface area contributed by atoms with Gasteiger partial charge in [0.2, 0.25) is 0 Å². The van der Waals surface area contributed by atoms with Crippen molar-refractivity contribution in [1.29, 1.82) is 0 Å². The van der Waals surface area contributed by atoms with Crippen molar-refractivity contribution in [3.05, 3.63) is 17.3 Å². The standard InChI is InChI=1S/C9H10N2O2S/c1-3-13-9(12)6-4-7-8(11(6)2)10-5-14-7/h4-5H,3H2,1-2H3. The number of aromatic nitrogens is 2. The van der Waals surface area contributed by atoms with E-state index in [9.17, 15) is 4.79 Å². The second-order valence-electron chi connectivity index (χ2n) is 2.85. The lowest BCUT2D eigenvalue weighted by Crippen LogP contribution is -2.09. The van der Waals surface area contributed by atoms with Crippen LogP contribution in [0.3, 0.4) is 0 Å². The Kier molecular flexibility index (Phi) is 2.25. The number of nitrogens with zero attached hydrogens (tertiary/aromatic N) is 2. The smallest absolute Gasteiger partial charge is 0.355 e. The minimum Gasteiger partial charge on any atom is -0.461 e. The Labute approximate surface area is 85.1 Å². The summed E-state index contributed by atoms with van der Waals surface area (Å²) in [5.41, 5.74) is 3.15. The fraction of sp³-hybridized carbons (Fsp3) is 0.333. The molecule has 0 atom stereocenters. The Morgan fingerprint density at radius 1 is 1.71 bits per heavy atom. The molecule has 74 valence electrons. The Morgan fingerprint density at radius 3 is 3.14 bits per heavy atom. The largest absolute Gasteiger partial charge is 0.461 e. The molecule has 0 aliphatic carbocycles. The summed E-state index contributed by atoms with van der Waals surface area (Å²) < 4.78 is 7.69. The molecule has 0 amide bonds. The maximum absolute atomic E-state index is 11.5. The van der Waals surface area contributed by atoms with E-state index in [1.807, 2.05) is 13.1 Å². The van der Waals surface area contributed by atoms with Crippen LogP contribution in [0, 0.1) is 0 Å². The van der Waals surface area contributed by atoms with E-state index in [1.165, 1.54) is 11.3 Å². The van der Waals surface area contributed by atoms with Crippen molar-refractivity contribution in [2.45, 2.75) is 6.92 Å². The predicted molar refractivity (Wildman–Crippen MR) is 54.5 cm³/mol. The molecule has 0 unspecified atom stereocenters. The van der Waals surface area contributed by atoms with Gasteiger partial charge in [-0.1, -0.05) is 0 Å². The van der Waals surface area contributed by atoms with Crippen LogP contribution in [0.4, 0.5) is 0 Å². The first-order valence-corrected chi connectivity index (χ1v) is 5.18. The van der Waals surface area contributed by atoms with E-state index in [0.717, 1.165) is 10.3 Å². The van der Waals surface area contributed by atoms with E-state index < -0.39 is 0 Å². The zero-order valence-electron chi connectivity index (χ0n) is 7.98. The molecular formula is C9H10N2O2S. The highest BCUT2D eigenvalue weighted by Crippen LogP contribution is 2.21. The average Bonchev–Trinajstić information content (AvgIpc) is 2.69. The zero-order chi connectivity index (χ0) is 10.1. The highest BCUT2D eigenvalue weighted by molar-refractivity contribution is 7.16. The molecule has 2 aromatic heterocycles. The average molecular weight is 210 g/mol. The molecule has 5 heteroatoms. The minimum atomic E-state index is -0.291. The quantitative estimate of drug-likeness (QED) is 0.710. The number of aryl methyl sites for hydroxylation is 1. The molecule has 2 heterocycles. The number of ether oxygens (including phenoxy) is 1. The number of carbonyl (C=O) groups is 1. The fourth-order valence-corrected chi connectivity index (χ4v) is 2.08.